The van der Waals surface area contributed by atoms with Crippen molar-refractivity contribution < 1.29 is 14.3 Å². The molecule has 1 N–H and O–H groups in total. The first-order chi connectivity index (χ1) is 14.4. The molecule has 8 nitrogen and oxygen atoms in total. The molecule has 4 rings (SSSR count). The first kappa shape index (κ1) is 19.6. The van der Waals surface area contributed by atoms with Gasteiger partial charge < -0.3 is 10.1 Å². The smallest absolute Gasteiger partial charge is 0.325 e. The third kappa shape index (κ3) is 3.63. The number of carbonyl (C=O) groups is 2. The summed E-state index contributed by atoms with van der Waals surface area (Å²) in [6.45, 7) is 1.67. The van der Waals surface area contributed by atoms with Crippen molar-refractivity contribution in [2.24, 2.45) is 0 Å². The Labute approximate surface area is 173 Å². The molecule has 0 unspecified atom stereocenters. The van der Waals surface area contributed by atoms with E-state index in [0.29, 0.717) is 24.2 Å². The second kappa shape index (κ2) is 7.62. The van der Waals surface area contributed by atoms with Crippen LogP contribution in [0.2, 0.25) is 0 Å². The van der Waals surface area contributed by atoms with Crippen LogP contribution in [0.25, 0.3) is 5.65 Å². The van der Waals surface area contributed by atoms with Crippen molar-refractivity contribution in [3.8, 4) is 5.75 Å². The van der Waals surface area contributed by atoms with E-state index in [4.69, 9.17) is 4.74 Å². The highest BCUT2D eigenvalue weighted by molar-refractivity contribution is 6.06. The average Bonchev–Trinajstić information content (AvgIpc) is 2.96. The van der Waals surface area contributed by atoms with Crippen LogP contribution in [0, 0.1) is 0 Å². The van der Waals surface area contributed by atoms with Gasteiger partial charge in [0.15, 0.2) is 0 Å². The van der Waals surface area contributed by atoms with E-state index in [2.05, 4.69) is 10.3 Å². The van der Waals surface area contributed by atoms with Gasteiger partial charge in [-0.3, -0.25) is 18.9 Å². The predicted molar refractivity (Wildman–Crippen MR) is 110 cm³/mol. The Hall–Kier alpha value is -3.68. The topological polar surface area (TPSA) is 93.0 Å². The van der Waals surface area contributed by atoms with Crippen molar-refractivity contribution in [1.29, 1.82) is 0 Å². The van der Waals surface area contributed by atoms with E-state index >= 15 is 0 Å². The molecule has 2 aromatic heterocycles. The Balaban J connectivity index is 1.49. The Kier molecular flexibility index (Phi) is 4.99. The molecular weight excluding hydrogens is 384 g/mol. The van der Waals surface area contributed by atoms with Gasteiger partial charge in [0.05, 0.1) is 19.3 Å². The number of carbonyl (C=O) groups excluding carboxylic acids is 2. The molecule has 8 heteroatoms. The second-order valence-corrected chi connectivity index (χ2v) is 7.52. The molecule has 154 valence electrons. The van der Waals surface area contributed by atoms with E-state index in [9.17, 15) is 14.4 Å². The van der Waals surface area contributed by atoms with Crippen LogP contribution in [0.5, 0.6) is 5.75 Å². The van der Waals surface area contributed by atoms with E-state index in [1.807, 2.05) is 24.3 Å². The maximum Gasteiger partial charge on any atom is 0.325 e. The van der Waals surface area contributed by atoms with Crippen molar-refractivity contribution in [2.75, 3.05) is 7.11 Å². The van der Waals surface area contributed by atoms with Gasteiger partial charge in [-0.05, 0) is 49.6 Å². The molecule has 0 aliphatic carbocycles. The number of aryl methyl sites for hydroxylation is 1. The third-order valence-electron chi connectivity index (χ3n) is 5.36. The van der Waals surface area contributed by atoms with E-state index in [-0.39, 0.29) is 18.0 Å². The fourth-order valence-corrected chi connectivity index (χ4v) is 3.59. The lowest BCUT2D eigenvalue weighted by atomic mass is 9.93. The molecule has 1 fully saturated rings. The summed E-state index contributed by atoms with van der Waals surface area (Å²) in [5.41, 5.74) is 0.609. The van der Waals surface area contributed by atoms with E-state index < -0.39 is 11.6 Å². The Morgan fingerprint density at radius 1 is 1.10 bits per heavy atom. The minimum Gasteiger partial charge on any atom is -0.497 e. The SMILES string of the molecule is COc1ccc(CC[C@]2(C)NC(=O)N(Cc3cc(=O)n4ccccc4n3)C2=O)cc1. The summed E-state index contributed by atoms with van der Waals surface area (Å²) in [5, 5.41) is 2.80. The molecular formula is C22H22N4O4. The summed E-state index contributed by atoms with van der Waals surface area (Å²) in [6, 6.07) is 13.7. The first-order valence-electron chi connectivity index (χ1n) is 9.64. The number of urea groups is 1. The minimum absolute atomic E-state index is 0.0522. The fraction of sp³-hybridized carbons (Fsp3) is 0.273. The van der Waals surface area contributed by atoms with Gasteiger partial charge in [-0.15, -0.1) is 0 Å². The van der Waals surface area contributed by atoms with Gasteiger partial charge in [0.25, 0.3) is 11.5 Å². The molecule has 3 heterocycles. The van der Waals surface area contributed by atoms with Crippen molar-refractivity contribution in [2.45, 2.75) is 31.8 Å². The highest BCUT2D eigenvalue weighted by Crippen LogP contribution is 2.25. The molecule has 1 aromatic carbocycles. The number of hydrogen-bond donors (Lipinski definition) is 1. The molecule has 1 atom stereocenters. The monoisotopic (exact) mass is 406 g/mol. The number of pyridine rings is 1. The molecule has 0 spiro atoms. The number of imide groups is 1. The van der Waals surface area contributed by atoms with Crippen molar-refractivity contribution >= 4 is 17.6 Å². The molecule has 0 saturated carbocycles. The number of rotatable bonds is 6. The standard InChI is InChI=1S/C22H22N4O4/c1-22(11-10-15-6-8-17(30-2)9-7-15)20(28)26(21(29)24-22)14-16-13-19(27)25-12-4-3-5-18(25)23-16/h3-9,12-13H,10-11,14H2,1-2H3,(H,24,29)/t22-/m0/s1. The van der Waals surface area contributed by atoms with Gasteiger partial charge in [0, 0.05) is 12.3 Å². The zero-order valence-corrected chi connectivity index (χ0v) is 16.8. The number of nitrogens with zero attached hydrogens (tertiary/aromatic N) is 3. The zero-order valence-electron chi connectivity index (χ0n) is 16.8. The van der Waals surface area contributed by atoms with E-state index in [1.54, 1.807) is 38.4 Å². The molecule has 1 saturated heterocycles. The molecule has 3 aromatic rings. The lowest BCUT2D eigenvalue weighted by molar-refractivity contribution is -0.131. The molecule has 1 aliphatic heterocycles. The van der Waals surface area contributed by atoms with Crippen LogP contribution in [0.15, 0.2) is 59.5 Å². The maximum absolute atomic E-state index is 13.0. The number of benzene rings is 1. The van der Waals surface area contributed by atoms with Crippen LogP contribution in [0.3, 0.4) is 0 Å². The number of ether oxygens (including phenoxy) is 1. The molecule has 30 heavy (non-hydrogen) atoms. The molecule has 0 radical (unpaired) electrons. The summed E-state index contributed by atoms with van der Waals surface area (Å²) in [4.78, 5) is 43.3. The third-order valence-corrected chi connectivity index (χ3v) is 5.36. The van der Waals surface area contributed by atoms with Crippen molar-refractivity contribution in [1.82, 2.24) is 19.6 Å². The number of amides is 3. The van der Waals surface area contributed by atoms with Gasteiger partial charge in [-0.25, -0.2) is 9.78 Å². The zero-order chi connectivity index (χ0) is 21.3. The maximum atomic E-state index is 13.0. The second-order valence-electron chi connectivity index (χ2n) is 7.52. The average molecular weight is 406 g/mol. The Morgan fingerprint density at radius 3 is 2.60 bits per heavy atom. The predicted octanol–water partition coefficient (Wildman–Crippen LogP) is 2.15. The molecule has 0 bridgehead atoms. The molecule has 3 amide bonds. The summed E-state index contributed by atoms with van der Waals surface area (Å²) in [6.07, 6.45) is 2.70. The van der Waals surface area contributed by atoms with Crippen molar-refractivity contribution in [3.63, 3.8) is 0 Å². The van der Waals surface area contributed by atoms with Crippen LogP contribution < -0.4 is 15.6 Å². The Bertz CT molecular complexity index is 1170. The lowest BCUT2D eigenvalue weighted by Crippen LogP contribution is -2.44. The Morgan fingerprint density at radius 2 is 1.87 bits per heavy atom. The van der Waals surface area contributed by atoms with Crippen LogP contribution in [-0.4, -0.2) is 38.9 Å². The number of nitrogens with one attached hydrogen (secondary N) is 1. The summed E-state index contributed by atoms with van der Waals surface area (Å²) in [7, 11) is 1.61. The summed E-state index contributed by atoms with van der Waals surface area (Å²) in [5.74, 6) is 0.441. The van der Waals surface area contributed by atoms with Gasteiger partial charge in [-0.1, -0.05) is 18.2 Å². The van der Waals surface area contributed by atoms with Gasteiger partial charge >= 0.3 is 6.03 Å². The van der Waals surface area contributed by atoms with Gasteiger partial charge in [0.2, 0.25) is 0 Å². The van der Waals surface area contributed by atoms with Gasteiger partial charge in [0.1, 0.15) is 16.9 Å². The van der Waals surface area contributed by atoms with E-state index in [1.165, 1.54) is 10.5 Å². The number of aromatic nitrogens is 2. The van der Waals surface area contributed by atoms with Gasteiger partial charge in [-0.2, -0.15) is 0 Å². The summed E-state index contributed by atoms with van der Waals surface area (Å²) < 4.78 is 6.57. The molecule has 1 aliphatic rings. The first-order valence-corrected chi connectivity index (χ1v) is 9.64. The van der Waals surface area contributed by atoms with Crippen LogP contribution in [0.4, 0.5) is 4.79 Å². The summed E-state index contributed by atoms with van der Waals surface area (Å²) >= 11 is 0. The van der Waals surface area contributed by atoms with Crippen LogP contribution in [0.1, 0.15) is 24.6 Å². The van der Waals surface area contributed by atoms with Crippen LogP contribution in [-0.2, 0) is 17.8 Å². The largest absolute Gasteiger partial charge is 0.497 e. The number of methoxy groups -OCH3 is 1. The highest BCUT2D eigenvalue weighted by atomic mass is 16.5. The normalized spacial score (nSPS) is 18.7. The quantitative estimate of drug-likeness (QED) is 0.633. The minimum atomic E-state index is -1.01. The number of fused-ring (bicyclic) bond motifs is 1. The fourth-order valence-electron chi connectivity index (χ4n) is 3.59. The number of hydrogen-bond acceptors (Lipinski definition) is 5. The van der Waals surface area contributed by atoms with Crippen molar-refractivity contribution in [3.05, 3.63) is 76.3 Å². The lowest BCUT2D eigenvalue weighted by Gasteiger charge is -2.21. The van der Waals surface area contributed by atoms with E-state index in [0.717, 1.165) is 16.2 Å². The van der Waals surface area contributed by atoms with Crippen LogP contribution >= 0.6 is 0 Å². The highest BCUT2D eigenvalue weighted by Gasteiger charge is 2.47.